The van der Waals surface area contributed by atoms with Gasteiger partial charge < -0.3 is 20.5 Å². The summed E-state index contributed by atoms with van der Waals surface area (Å²) in [6.45, 7) is -0.291. The van der Waals surface area contributed by atoms with E-state index in [4.69, 9.17) is 15.2 Å². The van der Waals surface area contributed by atoms with Crippen LogP contribution in [-0.2, 0) is 11.8 Å². The van der Waals surface area contributed by atoms with Gasteiger partial charge in [0.05, 0.1) is 23.7 Å². The van der Waals surface area contributed by atoms with Crippen molar-refractivity contribution >= 4 is 34.4 Å². The fourth-order valence-corrected chi connectivity index (χ4v) is 2.64. The SMILES string of the molecule is CNC(=O)COc1cc(N)c2c(=O)n(C)c(NC(=O)c3cncnc3)nc2c1OC. The van der Waals surface area contributed by atoms with Crippen molar-refractivity contribution in [2.75, 3.05) is 31.8 Å². The number of ether oxygens (including phenoxy) is 2. The molecule has 2 heterocycles. The Hall–Kier alpha value is -4.22. The summed E-state index contributed by atoms with van der Waals surface area (Å²) in [6.07, 6.45) is 3.93. The number of nitrogens with two attached hydrogens (primary N) is 1. The lowest BCUT2D eigenvalue weighted by molar-refractivity contribution is -0.122. The van der Waals surface area contributed by atoms with E-state index in [9.17, 15) is 14.4 Å². The van der Waals surface area contributed by atoms with Crippen LogP contribution in [0.2, 0.25) is 0 Å². The molecule has 12 heteroatoms. The largest absolute Gasteiger partial charge is 0.491 e. The number of nitrogen functional groups attached to an aromatic ring is 1. The molecule has 3 aromatic rings. The van der Waals surface area contributed by atoms with Crippen molar-refractivity contribution in [2.45, 2.75) is 0 Å². The summed E-state index contributed by atoms with van der Waals surface area (Å²) in [5.74, 6) is -0.760. The molecule has 0 atom stereocenters. The monoisotopic (exact) mass is 413 g/mol. The Morgan fingerprint density at radius 2 is 1.97 bits per heavy atom. The van der Waals surface area contributed by atoms with Gasteiger partial charge in [-0.25, -0.2) is 15.0 Å². The smallest absolute Gasteiger partial charge is 0.264 e. The number of nitrogens with zero attached hydrogens (tertiary/aromatic N) is 4. The fourth-order valence-electron chi connectivity index (χ4n) is 2.64. The fraction of sp³-hybridized carbons (Fsp3) is 0.222. The van der Waals surface area contributed by atoms with Gasteiger partial charge in [0.15, 0.2) is 18.1 Å². The minimum atomic E-state index is -0.559. The first-order valence-electron chi connectivity index (χ1n) is 8.64. The number of rotatable bonds is 6. The van der Waals surface area contributed by atoms with Crippen LogP contribution in [0.15, 0.2) is 29.6 Å². The van der Waals surface area contributed by atoms with Gasteiger partial charge in [0.2, 0.25) is 5.95 Å². The lowest BCUT2D eigenvalue weighted by atomic mass is 10.1. The molecule has 0 spiro atoms. The number of anilines is 2. The number of fused-ring (bicyclic) bond motifs is 1. The topological polar surface area (TPSA) is 163 Å². The zero-order valence-corrected chi connectivity index (χ0v) is 16.4. The second-order valence-electron chi connectivity index (χ2n) is 6.06. The van der Waals surface area contributed by atoms with Crippen LogP contribution in [-0.4, -0.2) is 52.1 Å². The Morgan fingerprint density at radius 1 is 1.27 bits per heavy atom. The third-order valence-electron chi connectivity index (χ3n) is 4.19. The summed E-state index contributed by atoms with van der Waals surface area (Å²) in [7, 11) is 4.26. The molecule has 3 rings (SSSR count). The minimum Gasteiger partial charge on any atom is -0.491 e. The molecule has 2 aromatic heterocycles. The molecule has 4 N–H and O–H groups in total. The van der Waals surface area contributed by atoms with Gasteiger partial charge in [-0.3, -0.25) is 24.3 Å². The van der Waals surface area contributed by atoms with Crippen LogP contribution in [0.1, 0.15) is 10.4 Å². The van der Waals surface area contributed by atoms with Crippen LogP contribution in [0.4, 0.5) is 11.6 Å². The molecular weight excluding hydrogens is 394 g/mol. The Balaban J connectivity index is 2.12. The standard InChI is InChI=1S/C18H19N7O5/c1-20-12(26)7-30-11-4-10(19)13-14(15(11)29-3)23-18(25(2)17(13)28)24-16(27)9-5-21-8-22-6-9/h4-6,8H,7,19H2,1-3H3,(H,20,26)(H,23,24,27). The molecule has 0 aliphatic carbocycles. The molecule has 0 radical (unpaired) electrons. The number of carbonyl (C=O) groups excluding carboxylic acids is 2. The van der Waals surface area contributed by atoms with E-state index in [1.54, 1.807) is 0 Å². The van der Waals surface area contributed by atoms with Gasteiger partial charge in [0.1, 0.15) is 11.8 Å². The van der Waals surface area contributed by atoms with E-state index < -0.39 is 11.5 Å². The van der Waals surface area contributed by atoms with Gasteiger partial charge in [-0.05, 0) is 0 Å². The van der Waals surface area contributed by atoms with E-state index in [2.05, 4.69) is 25.6 Å². The van der Waals surface area contributed by atoms with Crippen molar-refractivity contribution in [3.05, 3.63) is 40.7 Å². The molecule has 0 unspecified atom stereocenters. The van der Waals surface area contributed by atoms with Gasteiger partial charge in [-0.15, -0.1) is 0 Å². The molecule has 12 nitrogen and oxygen atoms in total. The maximum atomic E-state index is 12.9. The Kier molecular flexibility index (Phi) is 5.76. The van der Waals surface area contributed by atoms with Crippen molar-refractivity contribution in [1.82, 2.24) is 24.8 Å². The van der Waals surface area contributed by atoms with Gasteiger partial charge in [-0.1, -0.05) is 0 Å². The molecule has 2 amide bonds. The number of amides is 2. The molecule has 156 valence electrons. The number of benzene rings is 1. The predicted molar refractivity (Wildman–Crippen MR) is 107 cm³/mol. The Labute approximate surface area is 170 Å². The van der Waals surface area contributed by atoms with E-state index in [-0.39, 0.29) is 52.1 Å². The van der Waals surface area contributed by atoms with Crippen molar-refractivity contribution in [3.8, 4) is 11.5 Å². The van der Waals surface area contributed by atoms with Crippen molar-refractivity contribution in [3.63, 3.8) is 0 Å². The van der Waals surface area contributed by atoms with Gasteiger partial charge in [0.25, 0.3) is 17.4 Å². The van der Waals surface area contributed by atoms with E-state index >= 15 is 0 Å². The molecular formula is C18H19N7O5. The molecule has 0 saturated heterocycles. The number of likely N-dealkylation sites (N-methyl/N-ethyl adjacent to an activating group) is 1. The summed E-state index contributed by atoms with van der Waals surface area (Å²) in [5.41, 5.74) is 5.87. The quantitative estimate of drug-likeness (QED) is 0.460. The summed E-state index contributed by atoms with van der Waals surface area (Å²) in [6, 6.07) is 1.38. The number of nitrogens with one attached hydrogen (secondary N) is 2. The average Bonchev–Trinajstić information content (AvgIpc) is 2.75. The highest BCUT2D eigenvalue weighted by atomic mass is 16.5. The summed E-state index contributed by atoms with van der Waals surface area (Å²) >= 11 is 0. The van der Waals surface area contributed by atoms with Crippen LogP contribution >= 0.6 is 0 Å². The van der Waals surface area contributed by atoms with E-state index in [1.807, 2.05) is 0 Å². The highest BCUT2D eigenvalue weighted by Crippen LogP contribution is 2.37. The Morgan fingerprint density at radius 3 is 2.60 bits per heavy atom. The van der Waals surface area contributed by atoms with Crippen molar-refractivity contribution in [2.24, 2.45) is 7.05 Å². The molecule has 0 aliphatic heterocycles. The zero-order valence-electron chi connectivity index (χ0n) is 16.4. The van der Waals surface area contributed by atoms with Gasteiger partial charge in [0, 0.05) is 32.6 Å². The van der Waals surface area contributed by atoms with Crippen LogP contribution in [0.3, 0.4) is 0 Å². The maximum Gasteiger partial charge on any atom is 0.264 e. The third-order valence-corrected chi connectivity index (χ3v) is 4.19. The van der Waals surface area contributed by atoms with Gasteiger partial charge in [-0.2, -0.15) is 0 Å². The summed E-state index contributed by atoms with van der Waals surface area (Å²) in [4.78, 5) is 48.7. The number of methoxy groups -OCH3 is 1. The zero-order chi connectivity index (χ0) is 21.8. The lowest BCUT2D eigenvalue weighted by Crippen LogP contribution is -2.26. The van der Waals surface area contributed by atoms with E-state index in [0.717, 1.165) is 4.57 Å². The highest BCUT2D eigenvalue weighted by Gasteiger charge is 2.21. The third kappa shape index (κ3) is 3.83. The molecule has 0 bridgehead atoms. The Bertz CT molecular complexity index is 1180. The second kappa shape index (κ2) is 8.43. The van der Waals surface area contributed by atoms with E-state index in [0.29, 0.717) is 0 Å². The first-order chi connectivity index (χ1) is 14.4. The minimum absolute atomic E-state index is 0.0532. The van der Waals surface area contributed by atoms with Crippen LogP contribution in [0.5, 0.6) is 11.5 Å². The summed E-state index contributed by atoms with van der Waals surface area (Å²) in [5, 5.41) is 5.05. The number of aromatic nitrogens is 4. The first kappa shape index (κ1) is 20.5. The van der Waals surface area contributed by atoms with Crippen LogP contribution in [0.25, 0.3) is 10.9 Å². The lowest BCUT2D eigenvalue weighted by Gasteiger charge is -2.16. The van der Waals surface area contributed by atoms with E-state index in [1.165, 1.54) is 46.0 Å². The number of hydrogen-bond donors (Lipinski definition) is 3. The predicted octanol–water partition coefficient (Wildman–Crippen LogP) is -0.309. The molecule has 30 heavy (non-hydrogen) atoms. The average molecular weight is 413 g/mol. The second-order valence-corrected chi connectivity index (χ2v) is 6.06. The van der Waals surface area contributed by atoms with Crippen molar-refractivity contribution < 1.29 is 19.1 Å². The normalized spacial score (nSPS) is 10.5. The summed E-state index contributed by atoms with van der Waals surface area (Å²) < 4.78 is 12.0. The molecule has 0 fully saturated rings. The molecule has 0 saturated carbocycles. The first-order valence-corrected chi connectivity index (χ1v) is 8.64. The maximum absolute atomic E-state index is 12.9. The van der Waals surface area contributed by atoms with Gasteiger partial charge >= 0.3 is 0 Å². The molecule has 0 aliphatic rings. The van der Waals surface area contributed by atoms with Crippen molar-refractivity contribution in [1.29, 1.82) is 0 Å². The van der Waals surface area contributed by atoms with Crippen LogP contribution in [0, 0.1) is 0 Å². The number of carbonyl (C=O) groups is 2. The highest BCUT2D eigenvalue weighted by molar-refractivity contribution is 6.04. The molecule has 1 aromatic carbocycles. The van der Waals surface area contributed by atoms with Crippen LogP contribution < -0.4 is 31.4 Å². The number of hydrogen-bond acceptors (Lipinski definition) is 9.